The molecule has 9 fully saturated rings. The summed E-state index contributed by atoms with van der Waals surface area (Å²) in [6, 6.07) is 0.748. The van der Waals surface area contributed by atoms with Crippen LogP contribution in [0.5, 0.6) is 0 Å². The first-order valence-electron chi connectivity index (χ1n) is 14.6. The number of rotatable bonds is 4. The molecule has 9 saturated carbocycles. The predicted octanol–water partition coefficient (Wildman–Crippen LogP) is 5.16. The summed E-state index contributed by atoms with van der Waals surface area (Å²) in [5, 5.41) is 17.2. The van der Waals surface area contributed by atoms with E-state index in [1.165, 1.54) is 103 Å². The van der Waals surface area contributed by atoms with Crippen molar-refractivity contribution in [2.45, 2.75) is 126 Å². The predicted molar refractivity (Wildman–Crippen MR) is 146 cm³/mol. The van der Waals surface area contributed by atoms with Gasteiger partial charge in [0.15, 0.2) is 10.2 Å². The normalized spacial score (nSPS) is 50.1. The third-order valence-corrected chi connectivity index (χ3v) is 11.7. The summed E-state index contributed by atoms with van der Waals surface area (Å²) in [6.45, 7) is 0. The lowest BCUT2D eigenvalue weighted by molar-refractivity contribution is -0.0107. The van der Waals surface area contributed by atoms with Crippen LogP contribution in [-0.2, 0) is 0 Å². The Balaban J connectivity index is 0.961. The molecule has 2 atom stereocenters. The first-order chi connectivity index (χ1) is 16.4. The van der Waals surface area contributed by atoms with Gasteiger partial charge in [0.05, 0.1) is 0 Å². The quantitative estimate of drug-likeness (QED) is 0.400. The second kappa shape index (κ2) is 8.46. The zero-order valence-electron chi connectivity index (χ0n) is 20.7. The average molecular weight is 501 g/mol. The molecular formula is C28H44N4S2. The van der Waals surface area contributed by atoms with Crippen molar-refractivity contribution in [3.05, 3.63) is 0 Å². The Morgan fingerprint density at radius 2 is 0.794 bits per heavy atom. The zero-order chi connectivity index (χ0) is 22.9. The van der Waals surface area contributed by atoms with Crippen molar-refractivity contribution >= 4 is 34.7 Å². The Bertz CT molecular complexity index is 702. The summed E-state index contributed by atoms with van der Waals surface area (Å²) in [5.41, 5.74) is 0.567. The summed E-state index contributed by atoms with van der Waals surface area (Å²) >= 11 is 11.9. The molecule has 6 heteroatoms. The molecule has 0 radical (unpaired) electrons. The Labute approximate surface area is 216 Å². The first-order valence-corrected chi connectivity index (χ1v) is 15.4. The summed E-state index contributed by atoms with van der Waals surface area (Å²) in [6.07, 6.45) is 21.8. The highest BCUT2D eigenvalue weighted by Crippen LogP contribution is 2.56. The van der Waals surface area contributed by atoms with Crippen LogP contribution in [0.2, 0.25) is 0 Å². The largest absolute Gasteiger partial charge is 0.358 e. The summed E-state index contributed by atoms with van der Waals surface area (Å²) in [7, 11) is 0. The second-order valence-corrected chi connectivity index (χ2v) is 14.9. The van der Waals surface area contributed by atoms with E-state index in [0.29, 0.717) is 12.1 Å². The van der Waals surface area contributed by atoms with Crippen LogP contribution >= 0.6 is 24.4 Å². The topological polar surface area (TPSA) is 48.1 Å². The van der Waals surface area contributed by atoms with E-state index in [1.807, 2.05) is 0 Å². The monoisotopic (exact) mass is 500 g/mol. The molecule has 0 aromatic carbocycles. The van der Waals surface area contributed by atoms with Crippen molar-refractivity contribution < 1.29 is 0 Å². The lowest BCUT2D eigenvalue weighted by atomic mass is 9.53. The van der Waals surface area contributed by atoms with Gasteiger partial charge in [-0.2, -0.15) is 0 Å². The fourth-order valence-electron chi connectivity index (χ4n) is 10.9. The van der Waals surface area contributed by atoms with Gasteiger partial charge < -0.3 is 21.3 Å². The van der Waals surface area contributed by atoms with Crippen molar-refractivity contribution in [3.8, 4) is 0 Å². The number of hydrogen-bond acceptors (Lipinski definition) is 2. The van der Waals surface area contributed by atoms with Crippen molar-refractivity contribution in [2.24, 2.45) is 35.5 Å². The third-order valence-electron chi connectivity index (χ3n) is 11.2. The average Bonchev–Trinajstić information content (AvgIpc) is 2.72. The number of thiocarbonyl (C=S) groups is 2. The highest BCUT2D eigenvalue weighted by Gasteiger charge is 2.52. The van der Waals surface area contributed by atoms with Crippen LogP contribution in [0.3, 0.4) is 0 Å². The van der Waals surface area contributed by atoms with Crippen molar-refractivity contribution in [1.29, 1.82) is 0 Å². The molecule has 0 aliphatic heterocycles. The van der Waals surface area contributed by atoms with E-state index in [-0.39, 0.29) is 11.1 Å². The van der Waals surface area contributed by atoms with E-state index in [0.717, 1.165) is 45.7 Å². The van der Waals surface area contributed by atoms with Crippen LogP contribution in [0.25, 0.3) is 0 Å². The molecule has 0 saturated heterocycles. The summed E-state index contributed by atoms with van der Waals surface area (Å²) in [5.74, 6) is 5.66. The number of nitrogens with one attached hydrogen (secondary N) is 4. The minimum Gasteiger partial charge on any atom is -0.358 e. The van der Waals surface area contributed by atoms with Gasteiger partial charge in [-0.3, -0.25) is 0 Å². The molecular weight excluding hydrogens is 456 g/mol. The molecule has 0 unspecified atom stereocenters. The highest BCUT2D eigenvalue weighted by atomic mass is 32.1. The molecule has 0 aromatic heterocycles. The smallest absolute Gasteiger partial charge is 0.167 e. The van der Waals surface area contributed by atoms with Crippen LogP contribution in [0.1, 0.15) is 103 Å². The molecule has 188 valence electrons. The van der Waals surface area contributed by atoms with Crippen LogP contribution < -0.4 is 21.3 Å². The second-order valence-electron chi connectivity index (χ2n) is 14.1. The van der Waals surface area contributed by atoms with Crippen LogP contribution in [0.15, 0.2) is 0 Å². The summed E-state index contributed by atoms with van der Waals surface area (Å²) < 4.78 is 0. The maximum Gasteiger partial charge on any atom is 0.167 e. The fraction of sp³-hybridized carbons (Fsp3) is 0.929. The van der Waals surface area contributed by atoms with Crippen LogP contribution in [0.4, 0.5) is 0 Å². The van der Waals surface area contributed by atoms with E-state index in [1.54, 1.807) is 0 Å². The SMILES string of the molecule is S=C(N[C@@H]1CCCC[C@H]1NC(=S)NC12CC3CC(CC(C3)C1)C2)NC12CC3CC(CC(C3)C1)C2. The molecule has 0 amide bonds. The minimum absolute atomic E-state index is 0.284. The van der Waals surface area contributed by atoms with Gasteiger partial charge in [0.25, 0.3) is 0 Å². The van der Waals surface area contributed by atoms with E-state index in [2.05, 4.69) is 21.3 Å². The molecule has 4 nitrogen and oxygen atoms in total. The Morgan fingerprint density at radius 3 is 1.09 bits per heavy atom. The van der Waals surface area contributed by atoms with E-state index < -0.39 is 0 Å². The Kier molecular flexibility index (Phi) is 5.62. The molecule has 8 bridgehead atoms. The van der Waals surface area contributed by atoms with Gasteiger partial charge >= 0.3 is 0 Å². The van der Waals surface area contributed by atoms with Gasteiger partial charge in [-0.25, -0.2) is 0 Å². The molecule has 9 aliphatic rings. The number of hydrogen-bond donors (Lipinski definition) is 4. The molecule has 4 N–H and O–H groups in total. The van der Waals surface area contributed by atoms with Crippen molar-refractivity contribution in [2.75, 3.05) is 0 Å². The molecule has 34 heavy (non-hydrogen) atoms. The van der Waals surface area contributed by atoms with E-state index in [9.17, 15) is 0 Å². The van der Waals surface area contributed by atoms with Gasteiger partial charge in [0.2, 0.25) is 0 Å². The molecule has 0 heterocycles. The molecule has 0 spiro atoms. The van der Waals surface area contributed by atoms with Crippen LogP contribution in [0, 0.1) is 35.5 Å². The highest BCUT2D eigenvalue weighted by molar-refractivity contribution is 7.80. The van der Waals surface area contributed by atoms with E-state index >= 15 is 0 Å². The van der Waals surface area contributed by atoms with Gasteiger partial charge in [-0.1, -0.05) is 12.8 Å². The zero-order valence-corrected chi connectivity index (χ0v) is 22.4. The Morgan fingerprint density at radius 1 is 0.500 bits per heavy atom. The molecule has 9 aliphatic carbocycles. The van der Waals surface area contributed by atoms with Crippen molar-refractivity contribution in [3.63, 3.8) is 0 Å². The molecule has 9 rings (SSSR count). The fourth-order valence-corrected chi connectivity index (χ4v) is 11.6. The lowest BCUT2D eigenvalue weighted by Crippen LogP contribution is -2.65. The van der Waals surface area contributed by atoms with Gasteiger partial charge in [-0.15, -0.1) is 0 Å². The van der Waals surface area contributed by atoms with Gasteiger partial charge in [0.1, 0.15) is 0 Å². The Hall–Kier alpha value is -0.620. The maximum atomic E-state index is 5.94. The van der Waals surface area contributed by atoms with Gasteiger partial charge in [-0.05, 0) is 150 Å². The summed E-state index contributed by atoms with van der Waals surface area (Å²) in [4.78, 5) is 0. The standard InChI is InChI=1S/C28H44N4S2/c33-25(31-27-11-17-5-18(12-27)7-19(6-17)13-27)29-23-3-1-2-4-24(23)30-26(34)32-28-14-20-8-21(15-28)10-22(9-20)16-28/h17-24H,1-16H2,(H2,29,31,33)(H2,30,32,34)/t17?,18?,19?,20?,21?,22?,23-,24-,27?,28?/m1/s1. The third kappa shape index (κ3) is 4.27. The maximum absolute atomic E-state index is 5.94. The van der Waals surface area contributed by atoms with Crippen molar-refractivity contribution in [1.82, 2.24) is 21.3 Å². The molecule has 0 aromatic rings. The van der Waals surface area contributed by atoms with Gasteiger partial charge in [0, 0.05) is 23.2 Å². The van der Waals surface area contributed by atoms with Crippen LogP contribution in [-0.4, -0.2) is 33.4 Å². The minimum atomic E-state index is 0.284. The van der Waals surface area contributed by atoms with E-state index in [4.69, 9.17) is 24.4 Å². The lowest BCUT2D eigenvalue weighted by Gasteiger charge is -2.57. The first kappa shape index (κ1) is 22.6.